The molecule has 2 rings (SSSR count). The molecule has 0 bridgehead atoms. The van der Waals surface area contributed by atoms with E-state index >= 15 is 0 Å². The van der Waals surface area contributed by atoms with E-state index in [2.05, 4.69) is 34.0 Å². The number of aromatic nitrogens is 2. The molecule has 1 aliphatic rings. The van der Waals surface area contributed by atoms with Gasteiger partial charge in [0.05, 0.1) is 4.92 Å². The maximum absolute atomic E-state index is 11.5. The zero-order valence-electron chi connectivity index (χ0n) is 12.9. The Bertz CT molecular complexity index is 500. The van der Waals surface area contributed by atoms with Crippen LogP contribution >= 0.6 is 0 Å². The van der Waals surface area contributed by atoms with Crippen LogP contribution in [-0.2, 0) is 0 Å². The minimum Gasteiger partial charge on any atom is -0.367 e. The van der Waals surface area contributed by atoms with Gasteiger partial charge in [0.1, 0.15) is 6.33 Å². The summed E-state index contributed by atoms with van der Waals surface area (Å²) in [6.45, 7) is 5.01. The summed E-state index contributed by atoms with van der Waals surface area (Å²) in [7, 11) is 1.64. The Morgan fingerprint density at radius 2 is 2.10 bits per heavy atom. The van der Waals surface area contributed by atoms with Crippen LogP contribution in [0.3, 0.4) is 0 Å². The van der Waals surface area contributed by atoms with Gasteiger partial charge in [-0.2, -0.15) is 0 Å². The average molecular weight is 293 g/mol. The number of nitro groups is 1. The summed E-state index contributed by atoms with van der Waals surface area (Å²) in [5.41, 5.74) is -0.0208. The molecule has 0 saturated heterocycles. The van der Waals surface area contributed by atoms with Crippen LogP contribution < -0.4 is 10.2 Å². The Labute approximate surface area is 124 Å². The molecule has 0 aromatic carbocycles. The number of hydrogen-bond acceptors (Lipinski definition) is 6. The van der Waals surface area contributed by atoms with Crippen molar-refractivity contribution in [3.8, 4) is 0 Å². The fraction of sp³-hybridized carbons (Fsp3) is 0.714. The fourth-order valence-electron chi connectivity index (χ4n) is 2.95. The quantitative estimate of drug-likeness (QED) is 0.641. The molecular weight excluding hydrogens is 270 g/mol. The van der Waals surface area contributed by atoms with Crippen molar-refractivity contribution >= 4 is 17.3 Å². The Balaban J connectivity index is 2.45. The lowest BCUT2D eigenvalue weighted by molar-refractivity contribution is -0.383. The maximum atomic E-state index is 11.5. The van der Waals surface area contributed by atoms with Gasteiger partial charge < -0.3 is 10.2 Å². The second-order valence-electron chi connectivity index (χ2n) is 5.89. The predicted octanol–water partition coefficient (Wildman–Crippen LogP) is 2.83. The maximum Gasteiger partial charge on any atom is 0.353 e. The van der Waals surface area contributed by atoms with Crippen LogP contribution in [0.2, 0.25) is 0 Å². The average Bonchev–Trinajstić information content (AvgIpc) is 2.97. The first-order valence-electron chi connectivity index (χ1n) is 7.48. The summed E-state index contributed by atoms with van der Waals surface area (Å²) in [4.78, 5) is 21.4. The van der Waals surface area contributed by atoms with Crippen LogP contribution in [0.4, 0.5) is 17.3 Å². The Kier molecular flexibility index (Phi) is 4.93. The Morgan fingerprint density at radius 3 is 2.62 bits per heavy atom. The van der Waals surface area contributed by atoms with Crippen LogP contribution in [0.25, 0.3) is 0 Å². The van der Waals surface area contributed by atoms with Crippen molar-refractivity contribution in [3.63, 3.8) is 0 Å². The molecule has 7 heteroatoms. The van der Waals surface area contributed by atoms with E-state index in [1.165, 1.54) is 19.2 Å². The van der Waals surface area contributed by atoms with E-state index in [4.69, 9.17) is 0 Å². The molecule has 1 N–H and O–H groups in total. The highest BCUT2D eigenvalue weighted by Gasteiger charge is 2.32. The van der Waals surface area contributed by atoms with Gasteiger partial charge in [0.25, 0.3) is 0 Å². The van der Waals surface area contributed by atoms with Crippen molar-refractivity contribution in [2.75, 3.05) is 23.8 Å². The van der Waals surface area contributed by atoms with Crippen molar-refractivity contribution in [1.29, 1.82) is 0 Å². The van der Waals surface area contributed by atoms with Gasteiger partial charge in [0.2, 0.25) is 11.6 Å². The third kappa shape index (κ3) is 3.40. The SMILES string of the molecule is CNc1ncnc(N(CC(C)C)C2CCCC2)c1[N+](=O)[O-]. The first kappa shape index (κ1) is 15.5. The van der Waals surface area contributed by atoms with Crippen molar-refractivity contribution in [2.24, 2.45) is 5.92 Å². The molecule has 0 unspecified atom stereocenters. The van der Waals surface area contributed by atoms with Crippen molar-refractivity contribution in [3.05, 3.63) is 16.4 Å². The molecule has 0 radical (unpaired) electrons. The van der Waals surface area contributed by atoms with Crippen LogP contribution in [0.5, 0.6) is 0 Å². The van der Waals surface area contributed by atoms with Gasteiger partial charge in [-0.1, -0.05) is 26.7 Å². The molecule has 7 nitrogen and oxygen atoms in total. The molecule has 0 spiro atoms. The standard InChI is InChI=1S/C14H23N5O2/c1-10(2)8-18(11-6-4-5-7-11)14-12(19(20)21)13(15-3)16-9-17-14/h9-11H,4-8H2,1-3H3,(H,15,16,17). The molecule has 1 fully saturated rings. The van der Waals surface area contributed by atoms with Crippen LogP contribution in [-0.4, -0.2) is 34.5 Å². The van der Waals surface area contributed by atoms with Gasteiger partial charge in [-0.15, -0.1) is 0 Å². The van der Waals surface area contributed by atoms with Gasteiger partial charge in [-0.05, 0) is 18.8 Å². The van der Waals surface area contributed by atoms with Crippen molar-refractivity contribution in [1.82, 2.24) is 9.97 Å². The van der Waals surface area contributed by atoms with E-state index in [0.29, 0.717) is 17.8 Å². The van der Waals surface area contributed by atoms with E-state index in [1.807, 2.05) is 0 Å². The Morgan fingerprint density at radius 1 is 1.43 bits per heavy atom. The van der Waals surface area contributed by atoms with Crippen LogP contribution in [0, 0.1) is 16.0 Å². The summed E-state index contributed by atoms with van der Waals surface area (Å²) in [5, 5.41) is 14.3. The number of hydrogen-bond donors (Lipinski definition) is 1. The van der Waals surface area contributed by atoms with Gasteiger partial charge in [0.15, 0.2) is 0 Å². The summed E-state index contributed by atoms with van der Waals surface area (Å²) < 4.78 is 0. The lowest BCUT2D eigenvalue weighted by atomic mass is 10.1. The van der Waals surface area contributed by atoms with Gasteiger partial charge in [0, 0.05) is 19.6 Å². The lowest BCUT2D eigenvalue weighted by Gasteiger charge is -2.31. The third-order valence-corrected chi connectivity index (χ3v) is 3.82. The topological polar surface area (TPSA) is 84.2 Å². The Hall–Kier alpha value is -1.92. The minimum atomic E-state index is -0.385. The van der Waals surface area contributed by atoms with Gasteiger partial charge in [-0.25, -0.2) is 9.97 Å². The summed E-state index contributed by atoms with van der Waals surface area (Å²) in [6.07, 6.45) is 5.90. The summed E-state index contributed by atoms with van der Waals surface area (Å²) >= 11 is 0. The molecule has 0 aliphatic heterocycles. The third-order valence-electron chi connectivity index (χ3n) is 3.82. The summed E-state index contributed by atoms with van der Waals surface area (Å²) in [5.74, 6) is 1.13. The second-order valence-corrected chi connectivity index (χ2v) is 5.89. The zero-order valence-corrected chi connectivity index (χ0v) is 12.9. The van der Waals surface area contributed by atoms with E-state index in [-0.39, 0.29) is 16.4 Å². The molecule has 1 saturated carbocycles. The first-order valence-corrected chi connectivity index (χ1v) is 7.48. The summed E-state index contributed by atoms with van der Waals surface area (Å²) in [6, 6.07) is 0.339. The predicted molar refractivity (Wildman–Crippen MR) is 82.7 cm³/mol. The van der Waals surface area contributed by atoms with Crippen molar-refractivity contribution < 1.29 is 4.92 Å². The number of rotatable bonds is 6. The molecule has 0 amide bonds. The molecule has 1 aromatic rings. The second kappa shape index (κ2) is 6.69. The highest BCUT2D eigenvalue weighted by atomic mass is 16.6. The van der Waals surface area contributed by atoms with E-state index in [0.717, 1.165) is 19.4 Å². The van der Waals surface area contributed by atoms with Gasteiger partial charge >= 0.3 is 5.69 Å². The highest BCUT2D eigenvalue weighted by molar-refractivity contribution is 5.70. The first-order chi connectivity index (χ1) is 10.0. The van der Waals surface area contributed by atoms with Crippen LogP contribution in [0.15, 0.2) is 6.33 Å². The highest BCUT2D eigenvalue weighted by Crippen LogP contribution is 2.36. The number of nitrogens with zero attached hydrogens (tertiary/aromatic N) is 4. The largest absolute Gasteiger partial charge is 0.367 e. The molecule has 1 aromatic heterocycles. The normalized spacial score (nSPS) is 15.4. The zero-order chi connectivity index (χ0) is 15.4. The molecule has 1 heterocycles. The number of anilines is 2. The monoisotopic (exact) mass is 293 g/mol. The fourth-order valence-corrected chi connectivity index (χ4v) is 2.95. The van der Waals surface area contributed by atoms with Gasteiger partial charge in [-0.3, -0.25) is 10.1 Å². The molecule has 116 valence electrons. The minimum absolute atomic E-state index is 0.0208. The molecule has 1 aliphatic carbocycles. The number of nitrogens with one attached hydrogen (secondary N) is 1. The van der Waals surface area contributed by atoms with Crippen molar-refractivity contribution in [2.45, 2.75) is 45.6 Å². The van der Waals surface area contributed by atoms with E-state index < -0.39 is 0 Å². The van der Waals surface area contributed by atoms with E-state index in [1.54, 1.807) is 7.05 Å². The smallest absolute Gasteiger partial charge is 0.353 e. The molecular formula is C14H23N5O2. The molecule has 21 heavy (non-hydrogen) atoms. The lowest BCUT2D eigenvalue weighted by Crippen LogP contribution is -2.37. The van der Waals surface area contributed by atoms with E-state index in [9.17, 15) is 10.1 Å². The molecule has 0 atom stereocenters. The van der Waals surface area contributed by atoms with Crippen LogP contribution in [0.1, 0.15) is 39.5 Å².